The SMILES string of the molecule is CC(C)C1CCN(CC2(O)CCCCC2)CC1. The van der Waals surface area contributed by atoms with E-state index in [-0.39, 0.29) is 5.60 Å². The van der Waals surface area contributed by atoms with Crippen molar-refractivity contribution in [1.29, 1.82) is 0 Å². The molecule has 1 heterocycles. The van der Waals surface area contributed by atoms with Gasteiger partial charge in [-0.1, -0.05) is 33.1 Å². The van der Waals surface area contributed by atoms with Crippen LogP contribution in [-0.2, 0) is 0 Å². The second-order valence-electron chi connectivity index (χ2n) is 6.64. The number of likely N-dealkylation sites (tertiary alicyclic amines) is 1. The molecule has 0 amide bonds. The quantitative estimate of drug-likeness (QED) is 0.818. The first kappa shape index (κ1) is 13.4. The van der Waals surface area contributed by atoms with Crippen LogP contribution in [0.25, 0.3) is 0 Å². The Hall–Kier alpha value is -0.0800. The number of aliphatic hydroxyl groups is 1. The Balaban J connectivity index is 1.77. The zero-order chi connectivity index (χ0) is 12.3. The van der Waals surface area contributed by atoms with E-state index in [9.17, 15) is 5.11 Å². The molecule has 1 saturated heterocycles. The molecule has 0 unspecified atom stereocenters. The van der Waals surface area contributed by atoms with Crippen LogP contribution in [0.3, 0.4) is 0 Å². The van der Waals surface area contributed by atoms with Crippen LogP contribution in [-0.4, -0.2) is 35.2 Å². The molecule has 1 aliphatic carbocycles. The number of hydrogen-bond acceptors (Lipinski definition) is 2. The van der Waals surface area contributed by atoms with Crippen LogP contribution in [0.4, 0.5) is 0 Å². The maximum absolute atomic E-state index is 10.6. The molecular weight excluding hydrogens is 210 g/mol. The molecule has 2 heteroatoms. The highest BCUT2D eigenvalue weighted by molar-refractivity contribution is 4.87. The molecule has 0 aromatic rings. The van der Waals surface area contributed by atoms with Crippen LogP contribution in [0.15, 0.2) is 0 Å². The summed E-state index contributed by atoms with van der Waals surface area (Å²) in [6.45, 7) is 8.01. The monoisotopic (exact) mass is 239 g/mol. The summed E-state index contributed by atoms with van der Waals surface area (Å²) in [5.41, 5.74) is -0.358. The molecule has 0 bridgehead atoms. The maximum atomic E-state index is 10.6. The molecule has 2 fully saturated rings. The Labute approximate surface area is 106 Å². The molecule has 2 nitrogen and oxygen atoms in total. The molecule has 1 saturated carbocycles. The van der Waals surface area contributed by atoms with Crippen LogP contribution in [0.1, 0.15) is 58.8 Å². The number of rotatable bonds is 3. The number of hydrogen-bond donors (Lipinski definition) is 1. The van der Waals surface area contributed by atoms with E-state index in [4.69, 9.17) is 0 Å². The van der Waals surface area contributed by atoms with Crippen molar-refractivity contribution in [3.05, 3.63) is 0 Å². The molecule has 1 aliphatic heterocycles. The lowest BCUT2D eigenvalue weighted by atomic mass is 9.82. The molecule has 1 N–H and O–H groups in total. The van der Waals surface area contributed by atoms with E-state index < -0.39 is 0 Å². The molecule has 0 aromatic carbocycles. The third-order valence-electron chi connectivity index (χ3n) is 4.88. The number of β-amino-alcohol motifs (C(OH)–C–C–N with tert-alkyl or cyclic N) is 1. The number of nitrogens with zero attached hydrogens (tertiary/aromatic N) is 1. The zero-order valence-corrected chi connectivity index (χ0v) is 11.6. The van der Waals surface area contributed by atoms with Crippen LogP contribution in [0.5, 0.6) is 0 Å². The standard InChI is InChI=1S/C15H29NO/c1-13(2)14-6-10-16(11-7-14)12-15(17)8-4-3-5-9-15/h13-14,17H,3-12H2,1-2H3. The van der Waals surface area contributed by atoms with Gasteiger partial charge in [-0.2, -0.15) is 0 Å². The molecule has 0 radical (unpaired) electrons. The predicted molar refractivity (Wildman–Crippen MR) is 72.0 cm³/mol. The van der Waals surface area contributed by atoms with Crippen molar-refractivity contribution in [1.82, 2.24) is 4.90 Å². The molecule has 2 aliphatic rings. The van der Waals surface area contributed by atoms with Gasteiger partial charge in [0.25, 0.3) is 0 Å². The average Bonchev–Trinajstić information content (AvgIpc) is 2.30. The van der Waals surface area contributed by atoms with Crippen molar-refractivity contribution in [2.75, 3.05) is 19.6 Å². The minimum atomic E-state index is -0.358. The second kappa shape index (κ2) is 5.71. The van der Waals surface area contributed by atoms with Crippen molar-refractivity contribution in [3.63, 3.8) is 0 Å². The summed E-state index contributed by atoms with van der Waals surface area (Å²) in [5, 5.41) is 10.6. The average molecular weight is 239 g/mol. The molecule has 100 valence electrons. The van der Waals surface area contributed by atoms with Gasteiger partial charge < -0.3 is 10.0 Å². The van der Waals surface area contributed by atoms with E-state index in [1.54, 1.807) is 0 Å². The molecule has 17 heavy (non-hydrogen) atoms. The Morgan fingerprint density at radius 3 is 2.24 bits per heavy atom. The van der Waals surface area contributed by atoms with Crippen LogP contribution >= 0.6 is 0 Å². The van der Waals surface area contributed by atoms with E-state index in [2.05, 4.69) is 18.7 Å². The Kier molecular flexibility index (Phi) is 4.48. The lowest BCUT2D eigenvalue weighted by molar-refractivity contribution is -0.0340. The first-order chi connectivity index (χ1) is 8.09. The van der Waals surface area contributed by atoms with Gasteiger partial charge in [0.1, 0.15) is 0 Å². The van der Waals surface area contributed by atoms with E-state index in [0.29, 0.717) is 0 Å². The zero-order valence-electron chi connectivity index (χ0n) is 11.6. The summed E-state index contributed by atoms with van der Waals surface area (Å²) in [4.78, 5) is 2.50. The van der Waals surface area contributed by atoms with Crippen molar-refractivity contribution in [2.45, 2.75) is 64.4 Å². The van der Waals surface area contributed by atoms with Crippen LogP contribution in [0.2, 0.25) is 0 Å². The normalized spacial score (nSPS) is 27.5. The summed E-state index contributed by atoms with van der Waals surface area (Å²) >= 11 is 0. The van der Waals surface area contributed by atoms with Crippen LogP contribution in [0, 0.1) is 11.8 Å². The Morgan fingerprint density at radius 2 is 1.71 bits per heavy atom. The first-order valence-electron chi connectivity index (χ1n) is 7.54. The largest absolute Gasteiger partial charge is 0.389 e. The Morgan fingerprint density at radius 1 is 1.12 bits per heavy atom. The van der Waals surface area contributed by atoms with Crippen molar-refractivity contribution >= 4 is 0 Å². The second-order valence-corrected chi connectivity index (χ2v) is 6.64. The summed E-state index contributed by atoms with van der Waals surface area (Å²) in [7, 11) is 0. The molecule has 0 atom stereocenters. The van der Waals surface area contributed by atoms with Crippen molar-refractivity contribution in [3.8, 4) is 0 Å². The fourth-order valence-corrected chi connectivity index (χ4v) is 3.56. The van der Waals surface area contributed by atoms with E-state index in [0.717, 1.165) is 31.2 Å². The summed E-state index contributed by atoms with van der Waals surface area (Å²) in [6, 6.07) is 0. The highest BCUT2D eigenvalue weighted by atomic mass is 16.3. The Bertz CT molecular complexity index is 225. The topological polar surface area (TPSA) is 23.5 Å². The van der Waals surface area contributed by atoms with Gasteiger partial charge in [-0.25, -0.2) is 0 Å². The van der Waals surface area contributed by atoms with Gasteiger partial charge in [0.15, 0.2) is 0 Å². The molecule has 0 spiro atoms. The minimum Gasteiger partial charge on any atom is -0.389 e. The van der Waals surface area contributed by atoms with Gasteiger partial charge >= 0.3 is 0 Å². The van der Waals surface area contributed by atoms with Gasteiger partial charge in [0.05, 0.1) is 5.60 Å². The highest BCUT2D eigenvalue weighted by Gasteiger charge is 2.32. The van der Waals surface area contributed by atoms with E-state index in [1.807, 2.05) is 0 Å². The summed E-state index contributed by atoms with van der Waals surface area (Å²) in [6.07, 6.45) is 8.46. The van der Waals surface area contributed by atoms with Crippen LogP contribution < -0.4 is 0 Å². The lowest BCUT2D eigenvalue weighted by Crippen LogP contribution is -2.47. The van der Waals surface area contributed by atoms with Crippen molar-refractivity contribution in [2.24, 2.45) is 11.8 Å². The molecule has 0 aromatic heterocycles. The third kappa shape index (κ3) is 3.69. The predicted octanol–water partition coefficient (Wildman–Crippen LogP) is 3.05. The fraction of sp³-hybridized carbons (Fsp3) is 1.00. The fourth-order valence-electron chi connectivity index (χ4n) is 3.56. The van der Waals surface area contributed by atoms with Gasteiger partial charge in [-0.3, -0.25) is 0 Å². The van der Waals surface area contributed by atoms with Gasteiger partial charge in [0, 0.05) is 6.54 Å². The van der Waals surface area contributed by atoms with E-state index in [1.165, 1.54) is 45.2 Å². The minimum absolute atomic E-state index is 0.358. The number of piperidine rings is 1. The maximum Gasteiger partial charge on any atom is 0.0774 e. The smallest absolute Gasteiger partial charge is 0.0774 e. The lowest BCUT2D eigenvalue weighted by Gasteiger charge is -2.40. The molecular formula is C15H29NO. The van der Waals surface area contributed by atoms with Crippen molar-refractivity contribution < 1.29 is 5.11 Å². The summed E-state index contributed by atoms with van der Waals surface area (Å²) in [5.74, 6) is 1.74. The molecule has 2 rings (SSSR count). The summed E-state index contributed by atoms with van der Waals surface area (Å²) < 4.78 is 0. The van der Waals surface area contributed by atoms with E-state index >= 15 is 0 Å². The third-order valence-corrected chi connectivity index (χ3v) is 4.88. The van der Waals surface area contributed by atoms with Gasteiger partial charge in [-0.05, 0) is 50.6 Å². The van der Waals surface area contributed by atoms with Gasteiger partial charge in [0.2, 0.25) is 0 Å². The first-order valence-corrected chi connectivity index (χ1v) is 7.54. The van der Waals surface area contributed by atoms with Gasteiger partial charge in [-0.15, -0.1) is 0 Å². The highest BCUT2D eigenvalue weighted by Crippen LogP contribution is 2.31.